The number of rotatable bonds is 8. The standard InChI is InChI=1S/C11H23NO3/c1-4-15-7-5-6-11(14)12-9(2)8-10(3)13/h9-10,13H,4-8H2,1-3H3,(H,12,14). The van der Waals surface area contributed by atoms with Gasteiger partial charge in [0.05, 0.1) is 6.10 Å². The summed E-state index contributed by atoms with van der Waals surface area (Å²) in [5.74, 6) is 0.0304. The number of hydrogen-bond acceptors (Lipinski definition) is 3. The lowest BCUT2D eigenvalue weighted by Crippen LogP contribution is -2.34. The third-order valence-electron chi connectivity index (χ3n) is 2.00. The zero-order chi connectivity index (χ0) is 11.7. The van der Waals surface area contributed by atoms with Gasteiger partial charge in [-0.15, -0.1) is 0 Å². The fourth-order valence-electron chi connectivity index (χ4n) is 1.40. The molecule has 4 nitrogen and oxygen atoms in total. The first-order valence-electron chi connectivity index (χ1n) is 5.61. The van der Waals surface area contributed by atoms with Crippen LogP contribution in [0.5, 0.6) is 0 Å². The highest BCUT2D eigenvalue weighted by Crippen LogP contribution is 1.98. The Morgan fingerprint density at radius 1 is 1.47 bits per heavy atom. The van der Waals surface area contributed by atoms with E-state index in [1.54, 1.807) is 6.92 Å². The van der Waals surface area contributed by atoms with Crippen LogP contribution in [0.3, 0.4) is 0 Å². The summed E-state index contributed by atoms with van der Waals surface area (Å²) in [6.07, 6.45) is 1.46. The van der Waals surface area contributed by atoms with Crippen molar-refractivity contribution in [2.24, 2.45) is 0 Å². The van der Waals surface area contributed by atoms with E-state index in [-0.39, 0.29) is 18.1 Å². The van der Waals surface area contributed by atoms with E-state index in [0.717, 1.165) is 6.42 Å². The highest BCUT2D eigenvalue weighted by atomic mass is 16.5. The topological polar surface area (TPSA) is 58.6 Å². The average molecular weight is 217 g/mol. The molecule has 0 aliphatic rings. The van der Waals surface area contributed by atoms with Crippen molar-refractivity contribution in [3.8, 4) is 0 Å². The van der Waals surface area contributed by atoms with Crippen molar-refractivity contribution in [3.63, 3.8) is 0 Å². The van der Waals surface area contributed by atoms with Gasteiger partial charge in [0, 0.05) is 25.7 Å². The molecule has 0 bridgehead atoms. The van der Waals surface area contributed by atoms with Crippen molar-refractivity contribution in [2.75, 3.05) is 13.2 Å². The molecule has 15 heavy (non-hydrogen) atoms. The van der Waals surface area contributed by atoms with E-state index in [1.165, 1.54) is 0 Å². The Labute approximate surface area is 92.0 Å². The summed E-state index contributed by atoms with van der Waals surface area (Å²) in [4.78, 5) is 11.3. The predicted molar refractivity (Wildman–Crippen MR) is 59.6 cm³/mol. The highest BCUT2D eigenvalue weighted by molar-refractivity contribution is 5.76. The Hall–Kier alpha value is -0.610. The molecular formula is C11H23NO3. The first-order chi connectivity index (χ1) is 7.06. The van der Waals surface area contributed by atoms with Crippen LogP contribution in [-0.2, 0) is 9.53 Å². The second-order valence-electron chi connectivity index (χ2n) is 3.85. The number of carbonyl (C=O) groups excluding carboxylic acids is 1. The summed E-state index contributed by atoms with van der Waals surface area (Å²) >= 11 is 0. The zero-order valence-electron chi connectivity index (χ0n) is 9.95. The van der Waals surface area contributed by atoms with Crippen LogP contribution in [0.1, 0.15) is 40.0 Å². The molecule has 2 atom stereocenters. The van der Waals surface area contributed by atoms with Crippen LogP contribution in [0.15, 0.2) is 0 Å². The van der Waals surface area contributed by atoms with Crippen molar-refractivity contribution in [3.05, 3.63) is 0 Å². The summed E-state index contributed by atoms with van der Waals surface area (Å²) in [5, 5.41) is 11.9. The summed E-state index contributed by atoms with van der Waals surface area (Å²) in [6.45, 7) is 6.88. The lowest BCUT2D eigenvalue weighted by atomic mass is 10.1. The van der Waals surface area contributed by atoms with Gasteiger partial charge < -0.3 is 15.2 Å². The molecule has 0 fully saturated rings. The number of ether oxygens (including phenoxy) is 1. The van der Waals surface area contributed by atoms with Crippen LogP contribution in [0.4, 0.5) is 0 Å². The Morgan fingerprint density at radius 2 is 2.13 bits per heavy atom. The van der Waals surface area contributed by atoms with Gasteiger partial charge in [0.1, 0.15) is 0 Å². The lowest BCUT2D eigenvalue weighted by Gasteiger charge is -2.15. The van der Waals surface area contributed by atoms with Gasteiger partial charge in [-0.25, -0.2) is 0 Å². The maximum Gasteiger partial charge on any atom is 0.220 e. The molecule has 2 unspecified atom stereocenters. The van der Waals surface area contributed by atoms with Crippen molar-refractivity contribution in [1.82, 2.24) is 5.32 Å². The van der Waals surface area contributed by atoms with Gasteiger partial charge >= 0.3 is 0 Å². The summed E-state index contributed by atoms with van der Waals surface area (Å²) < 4.78 is 5.13. The molecule has 0 saturated carbocycles. The minimum atomic E-state index is -0.372. The van der Waals surface area contributed by atoms with E-state index in [2.05, 4.69) is 5.32 Å². The fourth-order valence-corrected chi connectivity index (χ4v) is 1.40. The Bertz CT molecular complexity index is 171. The normalized spacial score (nSPS) is 14.7. The van der Waals surface area contributed by atoms with Gasteiger partial charge in [0.2, 0.25) is 5.91 Å². The molecule has 1 amide bonds. The number of amides is 1. The van der Waals surface area contributed by atoms with E-state index in [9.17, 15) is 4.79 Å². The average Bonchev–Trinajstić information content (AvgIpc) is 2.10. The molecule has 0 spiro atoms. The summed E-state index contributed by atoms with van der Waals surface area (Å²) in [5.41, 5.74) is 0. The Balaban J connectivity index is 3.47. The first-order valence-corrected chi connectivity index (χ1v) is 5.61. The van der Waals surface area contributed by atoms with Crippen LogP contribution in [0.2, 0.25) is 0 Å². The van der Waals surface area contributed by atoms with Crippen molar-refractivity contribution in [2.45, 2.75) is 52.2 Å². The second kappa shape index (κ2) is 8.68. The molecule has 0 aromatic heterocycles. The zero-order valence-corrected chi connectivity index (χ0v) is 9.95. The monoisotopic (exact) mass is 217 g/mol. The second-order valence-corrected chi connectivity index (χ2v) is 3.85. The molecule has 0 heterocycles. The van der Waals surface area contributed by atoms with E-state index in [0.29, 0.717) is 26.1 Å². The number of nitrogens with one attached hydrogen (secondary N) is 1. The molecule has 0 radical (unpaired) electrons. The number of aliphatic hydroxyl groups excluding tert-OH is 1. The molecular weight excluding hydrogens is 194 g/mol. The first kappa shape index (κ1) is 14.4. The van der Waals surface area contributed by atoms with E-state index >= 15 is 0 Å². The minimum Gasteiger partial charge on any atom is -0.393 e. The smallest absolute Gasteiger partial charge is 0.220 e. The van der Waals surface area contributed by atoms with Gasteiger partial charge in [-0.3, -0.25) is 4.79 Å². The molecule has 0 aromatic rings. The van der Waals surface area contributed by atoms with Crippen LogP contribution in [0.25, 0.3) is 0 Å². The lowest BCUT2D eigenvalue weighted by molar-refractivity contribution is -0.122. The van der Waals surface area contributed by atoms with Gasteiger partial charge in [-0.2, -0.15) is 0 Å². The van der Waals surface area contributed by atoms with Crippen LogP contribution in [-0.4, -0.2) is 36.4 Å². The van der Waals surface area contributed by atoms with Crippen molar-refractivity contribution < 1.29 is 14.6 Å². The van der Waals surface area contributed by atoms with Crippen LogP contribution < -0.4 is 5.32 Å². The molecule has 2 N–H and O–H groups in total. The minimum absolute atomic E-state index is 0.0304. The highest BCUT2D eigenvalue weighted by Gasteiger charge is 2.09. The van der Waals surface area contributed by atoms with E-state index in [1.807, 2.05) is 13.8 Å². The Morgan fingerprint density at radius 3 is 2.67 bits per heavy atom. The predicted octanol–water partition coefficient (Wildman–Crippen LogP) is 1.08. The quantitative estimate of drug-likeness (QED) is 0.598. The van der Waals surface area contributed by atoms with Crippen LogP contribution in [0, 0.1) is 0 Å². The SMILES string of the molecule is CCOCCCC(=O)NC(C)CC(C)O. The van der Waals surface area contributed by atoms with Crippen molar-refractivity contribution in [1.29, 1.82) is 0 Å². The summed E-state index contributed by atoms with van der Waals surface area (Å²) in [6, 6.07) is 0.0320. The maximum absolute atomic E-state index is 11.3. The fraction of sp³-hybridized carbons (Fsp3) is 0.909. The summed E-state index contributed by atoms with van der Waals surface area (Å²) in [7, 11) is 0. The molecule has 90 valence electrons. The van der Waals surface area contributed by atoms with Gasteiger partial charge in [-0.1, -0.05) is 0 Å². The maximum atomic E-state index is 11.3. The number of aliphatic hydroxyl groups is 1. The van der Waals surface area contributed by atoms with Crippen molar-refractivity contribution >= 4 is 5.91 Å². The van der Waals surface area contributed by atoms with Gasteiger partial charge in [0.15, 0.2) is 0 Å². The van der Waals surface area contributed by atoms with Gasteiger partial charge in [0.25, 0.3) is 0 Å². The van der Waals surface area contributed by atoms with Crippen LogP contribution >= 0.6 is 0 Å². The van der Waals surface area contributed by atoms with E-state index < -0.39 is 0 Å². The third kappa shape index (κ3) is 9.69. The molecule has 0 rings (SSSR count). The molecule has 0 saturated heterocycles. The Kier molecular flexibility index (Phi) is 8.33. The number of carbonyl (C=O) groups is 1. The number of hydrogen-bond donors (Lipinski definition) is 2. The molecule has 0 aliphatic carbocycles. The third-order valence-corrected chi connectivity index (χ3v) is 2.00. The molecule has 4 heteroatoms. The largest absolute Gasteiger partial charge is 0.393 e. The molecule has 0 aromatic carbocycles. The van der Waals surface area contributed by atoms with E-state index in [4.69, 9.17) is 9.84 Å². The molecule has 0 aliphatic heterocycles. The van der Waals surface area contributed by atoms with Gasteiger partial charge in [-0.05, 0) is 33.6 Å².